The van der Waals surface area contributed by atoms with Crippen LogP contribution in [0.3, 0.4) is 0 Å². The first-order chi connectivity index (χ1) is 13.3. The number of benzene rings is 2. The lowest BCUT2D eigenvalue weighted by molar-refractivity contribution is 0.323. The maximum atomic E-state index is 12.4. The number of ether oxygens (including phenoxy) is 1. The maximum absolute atomic E-state index is 12.4. The Hall–Kier alpha value is -2.55. The Morgan fingerprint density at radius 1 is 1.07 bits per heavy atom. The molecule has 0 aliphatic carbocycles. The lowest BCUT2D eigenvalue weighted by Crippen LogP contribution is -2.28. The van der Waals surface area contributed by atoms with E-state index in [9.17, 15) is 13.2 Å². The molecule has 0 atom stereocenters. The summed E-state index contributed by atoms with van der Waals surface area (Å²) in [6, 6.07) is 15.2. The second-order valence-electron chi connectivity index (χ2n) is 6.09. The summed E-state index contributed by atoms with van der Waals surface area (Å²) in [6.07, 6.45) is 0. The molecule has 0 aliphatic rings. The number of halogens is 1. The number of hydrogen-bond acceptors (Lipinski definition) is 4. The van der Waals surface area contributed by atoms with Crippen LogP contribution in [0.1, 0.15) is 5.69 Å². The Kier molecular flexibility index (Phi) is 5.93. The molecular formula is C19H20ClN3O4S. The third-order valence-corrected chi connectivity index (χ3v) is 6.19. The molecule has 7 nitrogen and oxygen atoms in total. The van der Waals surface area contributed by atoms with Gasteiger partial charge in [-0.3, -0.25) is 9.48 Å². The van der Waals surface area contributed by atoms with E-state index in [-0.39, 0.29) is 28.6 Å². The quantitative estimate of drug-likeness (QED) is 0.594. The van der Waals surface area contributed by atoms with Gasteiger partial charge in [0.2, 0.25) is 10.0 Å². The zero-order valence-corrected chi connectivity index (χ0v) is 17.0. The molecular weight excluding hydrogens is 402 g/mol. The summed E-state index contributed by atoms with van der Waals surface area (Å²) in [5, 5.41) is 0.138. The smallest absolute Gasteiger partial charge is 0.290 e. The number of nitrogens with zero attached hydrogens (tertiary/aromatic N) is 2. The van der Waals surface area contributed by atoms with Crippen LogP contribution >= 0.6 is 11.6 Å². The summed E-state index contributed by atoms with van der Waals surface area (Å²) in [5.74, 6) is 0.674. The van der Waals surface area contributed by atoms with E-state index in [1.165, 1.54) is 16.8 Å². The predicted octanol–water partition coefficient (Wildman–Crippen LogP) is 2.50. The van der Waals surface area contributed by atoms with Crippen molar-refractivity contribution in [1.29, 1.82) is 0 Å². The molecule has 0 fully saturated rings. The second kappa shape index (κ2) is 8.22. The topological polar surface area (TPSA) is 82.3 Å². The molecule has 0 unspecified atom stereocenters. The van der Waals surface area contributed by atoms with Crippen molar-refractivity contribution in [3.05, 3.63) is 75.7 Å². The van der Waals surface area contributed by atoms with Crippen molar-refractivity contribution in [2.24, 2.45) is 7.05 Å². The molecule has 28 heavy (non-hydrogen) atoms. The van der Waals surface area contributed by atoms with Crippen LogP contribution in [0, 0.1) is 6.92 Å². The van der Waals surface area contributed by atoms with E-state index in [0.717, 1.165) is 0 Å². The monoisotopic (exact) mass is 421 g/mol. The van der Waals surface area contributed by atoms with Crippen LogP contribution in [0.5, 0.6) is 5.75 Å². The van der Waals surface area contributed by atoms with Crippen LogP contribution in [0.4, 0.5) is 0 Å². The first-order valence-corrected chi connectivity index (χ1v) is 10.4. The van der Waals surface area contributed by atoms with Crippen molar-refractivity contribution >= 4 is 21.6 Å². The van der Waals surface area contributed by atoms with E-state index in [0.29, 0.717) is 17.1 Å². The lowest BCUT2D eigenvalue weighted by Gasteiger charge is -2.11. The largest absolute Gasteiger partial charge is 0.492 e. The number of hydrogen-bond donors (Lipinski definition) is 1. The van der Waals surface area contributed by atoms with Gasteiger partial charge in [-0.1, -0.05) is 29.8 Å². The molecule has 1 heterocycles. The molecule has 1 N–H and O–H groups in total. The van der Waals surface area contributed by atoms with Crippen LogP contribution in [0.2, 0.25) is 5.02 Å². The van der Waals surface area contributed by atoms with Crippen LogP contribution in [-0.4, -0.2) is 30.9 Å². The van der Waals surface area contributed by atoms with E-state index in [2.05, 4.69) is 4.72 Å². The minimum absolute atomic E-state index is 0.0982. The molecule has 1 aromatic heterocycles. The number of nitrogens with one attached hydrogen (secondary N) is 1. The first-order valence-electron chi connectivity index (χ1n) is 8.53. The highest BCUT2D eigenvalue weighted by Gasteiger charge is 2.16. The second-order valence-corrected chi connectivity index (χ2v) is 8.24. The summed E-state index contributed by atoms with van der Waals surface area (Å²) < 4.78 is 35.8. The third-order valence-electron chi connectivity index (χ3n) is 4.28. The summed E-state index contributed by atoms with van der Waals surface area (Å²) in [4.78, 5) is 12.3. The van der Waals surface area contributed by atoms with Crippen LogP contribution in [0.25, 0.3) is 5.69 Å². The number of sulfonamides is 1. The Labute approximate surface area is 168 Å². The molecule has 3 aromatic rings. The van der Waals surface area contributed by atoms with Crippen LogP contribution in [0.15, 0.2) is 64.3 Å². The van der Waals surface area contributed by atoms with Crippen molar-refractivity contribution in [1.82, 2.24) is 14.1 Å². The van der Waals surface area contributed by atoms with Crippen molar-refractivity contribution < 1.29 is 13.2 Å². The zero-order chi connectivity index (χ0) is 20.3. The van der Waals surface area contributed by atoms with Crippen LogP contribution < -0.4 is 15.0 Å². The van der Waals surface area contributed by atoms with Gasteiger partial charge in [0, 0.05) is 13.6 Å². The van der Waals surface area contributed by atoms with Gasteiger partial charge in [-0.15, -0.1) is 0 Å². The van der Waals surface area contributed by atoms with Gasteiger partial charge in [0.15, 0.2) is 0 Å². The van der Waals surface area contributed by atoms with E-state index >= 15 is 0 Å². The minimum atomic E-state index is -3.69. The molecule has 0 bridgehead atoms. The van der Waals surface area contributed by atoms with Gasteiger partial charge in [-0.05, 0) is 43.3 Å². The molecule has 0 saturated carbocycles. The predicted molar refractivity (Wildman–Crippen MR) is 108 cm³/mol. The van der Waals surface area contributed by atoms with E-state index in [1.807, 2.05) is 18.2 Å². The Morgan fingerprint density at radius 2 is 1.71 bits per heavy atom. The molecule has 3 rings (SSSR count). The van der Waals surface area contributed by atoms with E-state index < -0.39 is 10.0 Å². The molecule has 2 aromatic carbocycles. The summed E-state index contributed by atoms with van der Waals surface area (Å²) >= 11 is 6.00. The minimum Gasteiger partial charge on any atom is -0.492 e. The van der Waals surface area contributed by atoms with Gasteiger partial charge in [0.25, 0.3) is 5.56 Å². The molecule has 9 heteroatoms. The fourth-order valence-corrected chi connectivity index (χ4v) is 3.89. The van der Waals surface area contributed by atoms with E-state index in [1.54, 1.807) is 42.9 Å². The van der Waals surface area contributed by atoms with Gasteiger partial charge >= 0.3 is 0 Å². The number of para-hydroxylation sites is 1. The fourth-order valence-electron chi connectivity index (χ4n) is 2.68. The highest BCUT2D eigenvalue weighted by molar-refractivity contribution is 7.89. The average molecular weight is 422 g/mol. The summed E-state index contributed by atoms with van der Waals surface area (Å²) in [7, 11) is -1.98. The highest BCUT2D eigenvalue weighted by atomic mass is 35.5. The van der Waals surface area contributed by atoms with Gasteiger partial charge in [0.05, 0.1) is 16.3 Å². The van der Waals surface area contributed by atoms with Gasteiger partial charge in [-0.25, -0.2) is 17.8 Å². The molecule has 0 saturated heterocycles. The molecule has 0 spiro atoms. The van der Waals surface area contributed by atoms with Crippen LogP contribution in [-0.2, 0) is 17.1 Å². The molecule has 0 aliphatic heterocycles. The van der Waals surface area contributed by atoms with Crippen molar-refractivity contribution in [3.63, 3.8) is 0 Å². The molecule has 0 radical (unpaired) electrons. The van der Waals surface area contributed by atoms with Crippen molar-refractivity contribution in [2.45, 2.75) is 11.8 Å². The van der Waals surface area contributed by atoms with Crippen molar-refractivity contribution in [3.8, 4) is 11.4 Å². The Bertz CT molecular complexity index is 1120. The van der Waals surface area contributed by atoms with Crippen molar-refractivity contribution in [2.75, 3.05) is 13.2 Å². The van der Waals surface area contributed by atoms with Gasteiger partial charge in [-0.2, -0.15) is 0 Å². The molecule has 148 valence electrons. The number of rotatable bonds is 7. The van der Waals surface area contributed by atoms with Gasteiger partial charge < -0.3 is 4.74 Å². The fraction of sp³-hybridized carbons (Fsp3) is 0.211. The molecule has 0 amide bonds. The van der Waals surface area contributed by atoms with E-state index in [4.69, 9.17) is 16.3 Å². The third kappa shape index (κ3) is 4.14. The summed E-state index contributed by atoms with van der Waals surface area (Å²) in [6.45, 7) is 2.07. The highest BCUT2D eigenvalue weighted by Crippen LogP contribution is 2.16. The Morgan fingerprint density at radius 3 is 2.29 bits per heavy atom. The SMILES string of the molecule is Cc1c(Cl)c(=O)n(-c2ccc(S(=O)(=O)NCCOc3ccccc3)cc2)n1C. The Balaban J connectivity index is 1.68. The first kappa shape index (κ1) is 20.2. The summed E-state index contributed by atoms with van der Waals surface area (Å²) in [5.41, 5.74) is 0.797. The average Bonchev–Trinajstić information content (AvgIpc) is 2.89. The number of aromatic nitrogens is 2. The maximum Gasteiger partial charge on any atom is 0.290 e. The lowest BCUT2D eigenvalue weighted by atomic mass is 10.3. The standard InChI is InChI=1S/C19H20ClN3O4S/c1-14-18(20)19(24)23(22(14)2)15-8-10-17(11-9-15)28(25,26)21-12-13-27-16-6-4-3-5-7-16/h3-11,21H,12-13H2,1-2H3. The normalized spacial score (nSPS) is 11.5. The zero-order valence-electron chi connectivity index (χ0n) is 15.4. The van der Waals surface area contributed by atoms with Gasteiger partial charge in [0.1, 0.15) is 17.4 Å².